The van der Waals surface area contributed by atoms with Crippen LogP contribution in [0.25, 0.3) is 0 Å². The smallest absolute Gasteiger partial charge is 0.122 e. The zero-order chi connectivity index (χ0) is 8.93. The Labute approximate surface area is 79.5 Å². The molecule has 3 nitrogen and oxygen atoms in total. The van der Waals surface area contributed by atoms with Crippen molar-refractivity contribution < 1.29 is 4.84 Å². The van der Waals surface area contributed by atoms with E-state index in [2.05, 4.69) is 10.5 Å². The predicted molar refractivity (Wildman–Crippen MR) is 52.8 cm³/mol. The summed E-state index contributed by atoms with van der Waals surface area (Å²) < 4.78 is 0. The van der Waals surface area contributed by atoms with Gasteiger partial charge in [0.1, 0.15) is 6.61 Å². The Morgan fingerprint density at radius 2 is 2.23 bits per heavy atom. The number of oxime groups is 1. The van der Waals surface area contributed by atoms with Gasteiger partial charge >= 0.3 is 0 Å². The Morgan fingerprint density at radius 3 is 2.92 bits per heavy atom. The second-order valence-electron chi connectivity index (χ2n) is 3.97. The molecule has 0 amide bonds. The van der Waals surface area contributed by atoms with Crippen molar-refractivity contribution in [2.45, 2.75) is 32.1 Å². The van der Waals surface area contributed by atoms with Crippen LogP contribution < -0.4 is 5.32 Å². The topological polar surface area (TPSA) is 33.6 Å². The van der Waals surface area contributed by atoms with Gasteiger partial charge in [0.15, 0.2) is 0 Å². The summed E-state index contributed by atoms with van der Waals surface area (Å²) in [6.07, 6.45) is 6.21. The van der Waals surface area contributed by atoms with Gasteiger partial charge in [-0.25, -0.2) is 0 Å². The third-order valence-electron chi connectivity index (χ3n) is 2.98. The van der Waals surface area contributed by atoms with Gasteiger partial charge in [-0.2, -0.15) is 0 Å². The molecule has 0 aliphatic carbocycles. The molecule has 2 aliphatic rings. The van der Waals surface area contributed by atoms with E-state index < -0.39 is 0 Å². The molecule has 0 aromatic rings. The van der Waals surface area contributed by atoms with Gasteiger partial charge in [-0.15, -0.1) is 0 Å². The molecule has 0 aromatic heterocycles. The van der Waals surface area contributed by atoms with E-state index in [1.165, 1.54) is 38.1 Å². The van der Waals surface area contributed by atoms with Gasteiger partial charge in [0.05, 0.1) is 5.71 Å². The first-order valence-electron chi connectivity index (χ1n) is 5.33. The lowest BCUT2D eigenvalue weighted by molar-refractivity contribution is 0.173. The maximum atomic E-state index is 4.97. The maximum Gasteiger partial charge on any atom is 0.122 e. The van der Waals surface area contributed by atoms with Crippen LogP contribution in [0.2, 0.25) is 0 Å². The van der Waals surface area contributed by atoms with E-state index in [0.717, 1.165) is 25.4 Å². The molecular weight excluding hydrogens is 164 g/mol. The van der Waals surface area contributed by atoms with E-state index in [9.17, 15) is 0 Å². The van der Waals surface area contributed by atoms with E-state index in [4.69, 9.17) is 4.84 Å². The van der Waals surface area contributed by atoms with Crippen molar-refractivity contribution in [3.05, 3.63) is 0 Å². The van der Waals surface area contributed by atoms with Gasteiger partial charge < -0.3 is 10.2 Å². The molecule has 0 radical (unpaired) electrons. The van der Waals surface area contributed by atoms with Crippen LogP contribution >= 0.6 is 0 Å². The molecule has 2 heterocycles. The molecule has 0 atom stereocenters. The Morgan fingerprint density at radius 1 is 1.38 bits per heavy atom. The SMILES string of the molecule is C1CC(CCC2=NOCC2)CCN1. The molecule has 3 heteroatoms. The third-order valence-corrected chi connectivity index (χ3v) is 2.98. The first-order chi connectivity index (χ1) is 6.45. The molecule has 0 spiro atoms. The van der Waals surface area contributed by atoms with Crippen LogP contribution in [0.5, 0.6) is 0 Å². The highest BCUT2D eigenvalue weighted by Gasteiger charge is 2.15. The fourth-order valence-electron chi connectivity index (χ4n) is 2.06. The summed E-state index contributed by atoms with van der Waals surface area (Å²) in [5, 5.41) is 7.41. The number of rotatable bonds is 3. The maximum absolute atomic E-state index is 4.97. The highest BCUT2D eigenvalue weighted by molar-refractivity contribution is 5.84. The Bertz CT molecular complexity index is 185. The lowest BCUT2D eigenvalue weighted by Crippen LogP contribution is -2.27. The molecule has 74 valence electrons. The predicted octanol–water partition coefficient (Wildman–Crippen LogP) is 1.54. The van der Waals surface area contributed by atoms with Crippen LogP contribution in [-0.2, 0) is 4.84 Å². The van der Waals surface area contributed by atoms with Crippen LogP contribution in [-0.4, -0.2) is 25.4 Å². The molecule has 2 aliphatic heterocycles. The van der Waals surface area contributed by atoms with Gasteiger partial charge in [0.2, 0.25) is 0 Å². The second kappa shape index (κ2) is 4.61. The average Bonchev–Trinajstić information content (AvgIpc) is 2.69. The molecule has 1 N–H and O–H groups in total. The van der Waals surface area contributed by atoms with Crippen molar-refractivity contribution in [3.8, 4) is 0 Å². The van der Waals surface area contributed by atoms with Crippen LogP contribution in [0.15, 0.2) is 5.16 Å². The second-order valence-corrected chi connectivity index (χ2v) is 3.97. The summed E-state index contributed by atoms with van der Waals surface area (Å²) >= 11 is 0. The van der Waals surface area contributed by atoms with Gasteiger partial charge in [0, 0.05) is 6.42 Å². The van der Waals surface area contributed by atoms with Crippen LogP contribution in [0, 0.1) is 5.92 Å². The normalized spacial score (nSPS) is 24.2. The van der Waals surface area contributed by atoms with E-state index in [-0.39, 0.29) is 0 Å². The highest BCUT2D eigenvalue weighted by atomic mass is 16.6. The molecule has 0 unspecified atom stereocenters. The molecule has 1 fully saturated rings. The number of piperidine rings is 1. The Balaban J connectivity index is 1.66. The minimum absolute atomic E-state index is 0.807. The van der Waals surface area contributed by atoms with Crippen molar-refractivity contribution in [1.29, 1.82) is 0 Å². The molecular formula is C10H18N2O. The largest absolute Gasteiger partial charge is 0.395 e. The van der Waals surface area contributed by atoms with E-state index in [1.807, 2.05) is 0 Å². The Kier molecular flexibility index (Phi) is 3.19. The van der Waals surface area contributed by atoms with Gasteiger partial charge in [-0.3, -0.25) is 0 Å². The first-order valence-corrected chi connectivity index (χ1v) is 5.33. The molecule has 1 saturated heterocycles. The minimum atomic E-state index is 0.807. The number of nitrogens with zero attached hydrogens (tertiary/aromatic N) is 1. The van der Waals surface area contributed by atoms with Crippen LogP contribution in [0.1, 0.15) is 32.1 Å². The van der Waals surface area contributed by atoms with Crippen molar-refractivity contribution in [2.24, 2.45) is 11.1 Å². The van der Waals surface area contributed by atoms with Gasteiger partial charge in [-0.1, -0.05) is 5.16 Å². The molecule has 0 aromatic carbocycles. The highest BCUT2D eigenvalue weighted by Crippen LogP contribution is 2.19. The summed E-state index contributed by atoms with van der Waals surface area (Å²) in [5.74, 6) is 0.921. The molecule has 13 heavy (non-hydrogen) atoms. The standard InChI is InChI=1S/C10H18N2O/c1(2-10-5-8-13-12-10)9-3-6-11-7-4-9/h9,11H,1-8H2. The lowest BCUT2D eigenvalue weighted by Gasteiger charge is -2.22. The molecule has 0 saturated carbocycles. The fourth-order valence-corrected chi connectivity index (χ4v) is 2.06. The first kappa shape index (κ1) is 9.00. The minimum Gasteiger partial charge on any atom is -0.395 e. The van der Waals surface area contributed by atoms with E-state index in [1.54, 1.807) is 0 Å². The van der Waals surface area contributed by atoms with E-state index in [0.29, 0.717) is 0 Å². The van der Waals surface area contributed by atoms with Gasteiger partial charge in [-0.05, 0) is 44.7 Å². The summed E-state index contributed by atoms with van der Waals surface area (Å²) in [6.45, 7) is 3.21. The monoisotopic (exact) mass is 182 g/mol. The van der Waals surface area contributed by atoms with Crippen molar-refractivity contribution in [3.63, 3.8) is 0 Å². The van der Waals surface area contributed by atoms with Crippen LogP contribution in [0.3, 0.4) is 0 Å². The van der Waals surface area contributed by atoms with Crippen molar-refractivity contribution in [2.75, 3.05) is 19.7 Å². The Hall–Kier alpha value is -0.570. The van der Waals surface area contributed by atoms with Crippen LogP contribution in [0.4, 0.5) is 0 Å². The summed E-state index contributed by atoms with van der Waals surface area (Å²) in [4.78, 5) is 4.97. The fraction of sp³-hybridized carbons (Fsp3) is 0.900. The summed E-state index contributed by atoms with van der Waals surface area (Å²) in [6, 6.07) is 0. The summed E-state index contributed by atoms with van der Waals surface area (Å²) in [5.41, 5.74) is 1.28. The molecule has 2 rings (SSSR count). The summed E-state index contributed by atoms with van der Waals surface area (Å²) in [7, 11) is 0. The number of hydrogen-bond donors (Lipinski definition) is 1. The lowest BCUT2D eigenvalue weighted by atomic mass is 9.92. The average molecular weight is 182 g/mol. The van der Waals surface area contributed by atoms with Crippen molar-refractivity contribution in [1.82, 2.24) is 5.32 Å². The zero-order valence-electron chi connectivity index (χ0n) is 8.09. The van der Waals surface area contributed by atoms with Crippen molar-refractivity contribution >= 4 is 5.71 Å². The van der Waals surface area contributed by atoms with E-state index >= 15 is 0 Å². The van der Waals surface area contributed by atoms with Gasteiger partial charge in [0.25, 0.3) is 0 Å². The number of nitrogens with one attached hydrogen (secondary N) is 1. The molecule has 0 bridgehead atoms. The third kappa shape index (κ3) is 2.69. The number of hydrogen-bond acceptors (Lipinski definition) is 3. The quantitative estimate of drug-likeness (QED) is 0.718. The zero-order valence-corrected chi connectivity index (χ0v) is 8.09.